The molecule has 0 spiro atoms. The Balaban J connectivity index is 1.90. The molecule has 0 aliphatic rings. The first kappa shape index (κ1) is 20.1. The van der Waals surface area contributed by atoms with Gasteiger partial charge in [0.05, 0.1) is 6.26 Å². The van der Waals surface area contributed by atoms with E-state index in [4.69, 9.17) is 4.42 Å². The number of aryl methyl sites for hydroxylation is 4. The molecular weight excluding hydrogens is 364 g/mol. The van der Waals surface area contributed by atoms with Crippen LogP contribution in [0.4, 0.5) is 5.69 Å². The summed E-state index contributed by atoms with van der Waals surface area (Å²) in [4.78, 5) is 25.7. The van der Waals surface area contributed by atoms with E-state index in [0.29, 0.717) is 11.3 Å². The Bertz CT molecular complexity index is 1060. The summed E-state index contributed by atoms with van der Waals surface area (Å²) in [5.74, 6) is -0.312. The zero-order chi connectivity index (χ0) is 21.0. The van der Waals surface area contributed by atoms with Gasteiger partial charge in [-0.1, -0.05) is 35.4 Å². The van der Waals surface area contributed by atoms with E-state index in [1.165, 1.54) is 12.3 Å². The first-order valence-electron chi connectivity index (χ1n) is 9.36. The average molecular weight is 388 g/mol. The molecule has 0 fully saturated rings. The second-order valence-electron chi connectivity index (χ2n) is 7.12. The van der Waals surface area contributed by atoms with Crippen LogP contribution in [0.3, 0.4) is 0 Å². The molecule has 0 atom stereocenters. The van der Waals surface area contributed by atoms with E-state index in [1.54, 1.807) is 30.3 Å². The number of rotatable bonds is 5. The lowest BCUT2D eigenvalue weighted by atomic mass is 10.0. The van der Waals surface area contributed by atoms with Crippen molar-refractivity contribution in [1.29, 1.82) is 0 Å². The molecule has 2 amide bonds. The minimum Gasteiger partial charge on any atom is -0.465 e. The van der Waals surface area contributed by atoms with Gasteiger partial charge in [0.25, 0.3) is 11.8 Å². The van der Waals surface area contributed by atoms with Crippen LogP contribution in [0.1, 0.15) is 38.4 Å². The summed E-state index contributed by atoms with van der Waals surface area (Å²) < 4.78 is 5.33. The quantitative estimate of drug-likeness (QED) is 0.609. The Hall–Kier alpha value is -3.60. The van der Waals surface area contributed by atoms with E-state index >= 15 is 0 Å². The topological polar surface area (TPSA) is 71.3 Å². The zero-order valence-corrected chi connectivity index (χ0v) is 17.0. The second-order valence-corrected chi connectivity index (χ2v) is 7.12. The first-order chi connectivity index (χ1) is 13.8. The standard InChI is InChI=1S/C24H24N2O3/c1-15-7-5-8-19(13-15)23(27)25-21(14-20-9-6-10-29-20)24(28)26-22-17(3)11-16(2)12-18(22)4/h5-14H,1-4H3,(H,25,27)(H,26,28)/b21-14-. The largest absolute Gasteiger partial charge is 0.465 e. The highest BCUT2D eigenvalue weighted by Gasteiger charge is 2.17. The third kappa shape index (κ3) is 5.02. The monoisotopic (exact) mass is 388 g/mol. The maximum absolute atomic E-state index is 13.0. The fourth-order valence-electron chi connectivity index (χ4n) is 3.21. The van der Waals surface area contributed by atoms with Gasteiger partial charge in [0.1, 0.15) is 11.5 Å². The van der Waals surface area contributed by atoms with Crippen molar-refractivity contribution in [1.82, 2.24) is 5.32 Å². The lowest BCUT2D eigenvalue weighted by molar-refractivity contribution is -0.113. The smallest absolute Gasteiger partial charge is 0.272 e. The average Bonchev–Trinajstić information content (AvgIpc) is 3.17. The third-order valence-electron chi connectivity index (χ3n) is 4.52. The van der Waals surface area contributed by atoms with Crippen molar-refractivity contribution in [2.45, 2.75) is 27.7 Å². The number of anilines is 1. The molecular formula is C24H24N2O3. The van der Waals surface area contributed by atoms with Gasteiger partial charge in [-0.05, 0) is 63.1 Å². The van der Waals surface area contributed by atoms with Crippen molar-refractivity contribution < 1.29 is 14.0 Å². The number of hydrogen-bond donors (Lipinski definition) is 2. The van der Waals surface area contributed by atoms with Crippen LogP contribution in [0.5, 0.6) is 0 Å². The lowest BCUT2D eigenvalue weighted by Gasteiger charge is -2.15. The summed E-state index contributed by atoms with van der Waals surface area (Å²) in [7, 11) is 0. The second kappa shape index (κ2) is 8.61. The normalized spacial score (nSPS) is 11.2. The summed E-state index contributed by atoms with van der Waals surface area (Å²) in [6.45, 7) is 7.80. The van der Waals surface area contributed by atoms with Crippen LogP contribution in [-0.4, -0.2) is 11.8 Å². The molecule has 29 heavy (non-hydrogen) atoms. The molecule has 0 saturated heterocycles. The minimum absolute atomic E-state index is 0.103. The molecule has 0 saturated carbocycles. The van der Waals surface area contributed by atoms with Gasteiger partial charge in [0.2, 0.25) is 0 Å². The van der Waals surface area contributed by atoms with Crippen molar-refractivity contribution >= 4 is 23.6 Å². The van der Waals surface area contributed by atoms with Gasteiger partial charge in [-0.2, -0.15) is 0 Å². The van der Waals surface area contributed by atoms with Crippen molar-refractivity contribution in [2.75, 3.05) is 5.32 Å². The van der Waals surface area contributed by atoms with E-state index in [1.807, 2.05) is 45.9 Å². The molecule has 3 aromatic rings. The fraction of sp³-hybridized carbons (Fsp3) is 0.167. The zero-order valence-electron chi connectivity index (χ0n) is 17.0. The molecule has 2 aromatic carbocycles. The van der Waals surface area contributed by atoms with Gasteiger partial charge in [-0.25, -0.2) is 0 Å². The van der Waals surface area contributed by atoms with Crippen LogP contribution in [0, 0.1) is 27.7 Å². The maximum Gasteiger partial charge on any atom is 0.272 e. The lowest BCUT2D eigenvalue weighted by Crippen LogP contribution is -2.31. The molecule has 1 aromatic heterocycles. The number of carbonyl (C=O) groups is 2. The Morgan fingerprint density at radius 3 is 2.24 bits per heavy atom. The van der Waals surface area contributed by atoms with Gasteiger partial charge in [0.15, 0.2) is 0 Å². The number of amides is 2. The molecule has 0 aliphatic carbocycles. The maximum atomic E-state index is 13.0. The molecule has 0 unspecified atom stereocenters. The molecule has 3 rings (SSSR count). The van der Waals surface area contributed by atoms with Gasteiger partial charge in [0, 0.05) is 17.3 Å². The number of carbonyl (C=O) groups excluding carboxylic acids is 2. The van der Waals surface area contributed by atoms with Gasteiger partial charge in [-0.3, -0.25) is 9.59 Å². The van der Waals surface area contributed by atoms with Crippen LogP contribution >= 0.6 is 0 Å². The van der Waals surface area contributed by atoms with Crippen molar-refractivity contribution in [2.24, 2.45) is 0 Å². The Morgan fingerprint density at radius 1 is 0.897 bits per heavy atom. The summed E-state index contributed by atoms with van der Waals surface area (Å²) in [6.07, 6.45) is 3.03. The third-order valence-corrected chi connectivity index (χ3v) is 4.52. The van der Waals surface area contributed by atoms with E-state index in [-0.39, 0.29) is 11.6 Å². The van der Waals surface area contributed by atoms with Crippen LogP contribution in [-0.2, 0) is 4.79 Å². The molecule has 5 nitrogen and oxygen atoms in total. The Kier molecular flexibility index (Phi) is 5.98. The van der Waals surface area contributed by atoms with E-state index in [2.05, 4.69) is 10.6 Å². The molecule has 1 heterocycles. The van der Waals surface area contributed by atoms with Crippen LogP contribution in [0.25, 0.3) is 6.08 Å². The molecule has 0 bridgehead atoms. The predicted octanol–water partition coefficient (Wildman–Crippen LogP) is 4.92. The molecule has 0 radical (unpaired) electrons. The van der Waals surface area contributed by atoms with Crippen LogP contribution < -0.4 is 10.6 Å². The predicted molar refractivity (Wildman–Crippen MR) is 115 cm³/mol. The summed E-state index contributed by atoms with van der Waals surface area (Å²) >= 11 is 0. The SMILES string of the molecule is Cc1cccc(C(=O)N/C(=C\c2ccco2)C(=O)Nc2c(C)cc(C)cc2C)c1. The van der Waals surface area contributed by atoms with E-state index in [9.17, 15) is 9.59 Å². The first-order valence-corrected chi connectivity index (χ1v) is 9.36. The van der Waals surface area contributed by atoms with Crippen LogP contribution in [0.15, 0.2) is 64.9 Å². The molecule has 2 N–H and O–H groups in total. The highest BCUT2D eigenvalue weighted by atomic mass is 16.3. The Morgan fingerprint density at radius 2 is 1.62 bits per heavy atom. The van der Waals surface area contributed by atoms with Gasteiger partial charge >= 0.3 is 0 Å². The number of furan rings is 1. The minimum atomic E-state index is -0.419. The molecule has 148 valence electrons. The highest BCUT2D eigenvalue weighted by molar-refractivity contribution is 6.11. The van der Waals surface area contributed by atoms with E-state index < -0.39 is 5.91 Å². The number of hydrogen-bond acceptors (Lipinski definition) is 3. The van der Waals surface area contributed by atoms with E-state index in [0.717, 1.165) is 27.9 Å². The van der Waals surface area contributed by atoms with Crippen LogP contribution in [0.2, 0.25) is 0 Å². The molecule has 5 heteroatoms. The van der Waals surface area contributed by atoms with Crippen molar-refractivity contribution in [3.8, 4) is 0 Å². The van der Waals surface area contributed by atoms with Gasteiger partial charge in [-0.15, -0.1) is 0 Å². The fourth-order valence-corrected chi connectivity index (χ4v) is 3.21. The molecule has 0 aliphatic heterocycles. The number of nitrogens with one attached hydrogen (secondary N) is 2. The number of benzene rings is 2. The summed E-state index contributed by atoms with van der Waals surface area (Å²) in [5.41, 5.74) is 5.31. The summed E-state index contributed by atoms with van der Waals surface area (Å²) in [5, 5.41) is 5.64. The van der Waals surface area contributed by atoms with Crippen molar-refractivity contribution in [3.63, 3.8) is 0 Å². The Labute approximate surface area is 170 Å². The highest BCUT2D eigenvalue weighted by Crippen LogP contribution is 2.22. The summed E-state index contributed by atoms with van der Waals surface area (Å²) in [6, 6.07) is 14.6. The van der Waals surface area contributed by atoms with Crippen molar-refractivity contribution in [3.05, 3.63) is 94.1 Å². The van der Waals surface area contributed by atoms with Gasteiger partial charge < -0.3 is 15.1 Å².